The second kappa shape index (κ2) is 12.3. The van der Waals surface area contributed by atoms with Crippen LogP contribution in [-0.4, -0.2) is 37.0 Å². The quantitative estimate of drug-likeness (QED) is 0.190. The van der Waals surface area contributed by atoms with Crippen LogP contribution in [0.1, 0.15) is 78.7 Å². The number of pyridine rings is 2. The summed E-state index contributed by atoms with van der Waals surface area (Å²) in [6.45, 7) is 19.8. The monoisotopic (exact) mass is 591 g/mol. The Labute approximate surface area is 248 Å². The number of aromatic nitrogens is 4. The Balaban J connectivity index is 1.58. The highest BCUT2D eigenvalue weighted by Crippen LogP contribution is 2.37. The van der Waals surface area contributed by atoms with Crippen molar-refractivity contribution < 1.29 is 8.63 Å². The Kier molecular flexibility index (Phi) is 9.33. The van der Waals surface area contributed by atoms with Gasteiger partial charge in [-0.3, -0.25) is 4.98 Å². The lowest BCUT2D eigenvalue weighted by Gasteiger charge is -2.36. The van der Waals surface area contributed by atoms with Crippen LogP contribution >= 0.6 is 0 Å². The van der Waals surface area contributed by atoms with E-state index in [0.29, 0.717) is 6.61 Å². The van der Waals surface area contributed by atoms with Crippen LogP contribution < -0.4 is 4.72 Å². The van der Waals surface area contributed by atoms with Gasteiger partial charge in [0.25, 0.3) is 0 Å². The van der Waals surface area contributed by atoms with Gasteiger partial charge in [-0.15, -0.1) is 0 Å². The summed E-state index contributed by atoms with van der Waals surface area (Å²) in [5.74, 6) is 0.763. The van der Waals surface area contributed by atoms with Crippen LogP contribution in [0.2, 0.25) is 18.1 Å². The molecule has 0 radical (unpaired) electrons. The lowest BCUT2D eigenvalue weighted by Crippen LogP contribution is -2.40. The summed E-state index contributed by atoms with van der Waals surface area (Å²) in [7, 11) is -3.05. The van der Waals surface area contributed by atoms with E-state index in [9.17, 15) is 4.21 Å². The van der Waals surface area contributed by atoms with Crippen LogP contribution in [0.25, 0.3) is 28.0 Å². The summed E-state index contributed by atoms with van der Waals surface area (Å²) in [5.41, 5.74) is 4.52. The smallest absolute Gasteiger partial charge is 0.192 e. The predicted octanol–water partition coefficient (Wildman–Crippen LogP) is 7.90. The van der Waals surface area contributed by atoms with E-state index in [0.717, 1.165) is 52.2 Å². The van der Waals surface area contributed by atoms with Crippen molar-refractivity contribution in [2.45, 2.75) is 96.8 Å². The molecule has 0 fully saturated rings. The van der Waals surface area contributed by atoms with Crippen LogP contribution in [0.3, 0.4) is 0 Å². The summed E-state index contributed by atoms with van der Waals surface area (Å²) in [5, 5.41) is 6.03. The zero-order valence-electron chi connectivity index (χ0n) is 26.0. The van der Waals surface area contributed by atoms with Gasteiger partial charge >= 0.3 is 0 Å². The minimum Gasteiger partial charge on any atom is -0.411 e. The number of fused-ring (bicyclic) bond motifs is 1. The highest BCUT2D eigenvalue weighted by atomic mass is 32.2. The zero-order chi connectivity index (χ0) is 30.0. The topological polar surface area (TPSA) is 81.9 Å². The van der Waals surface area contributed by atoms with Gasteiger partial charge in [-0.05, 0) is 75.7 Å². The van der Waals surface area contributed by atoms with E-state index in [1.165, 1.54) is 0 Å². The first-order valence-electron chi connectivity index (χ1n) is 14.4. The van der Waals surface area contributed by atoms with Crippen molar-refractivity contribution >= 4 is 30.2 Å². The summed E-state index contributed by atoms with van der Waals surface area (Å²) >= 11 is 0. The molecule has 0 amide bonds. The molecule has 1 aromatic carbocycles. The van der Waals surface area contributed by atoms with Gasteiger partial charge in [0, 0.05) is 17.1 Å². The molecule has 0 saturated carbocycles. The van der Waals surface area contributed by atoms with Gasteiger partial charge < -0.3 is 4.43 Å². The maximum atomic E-state index is 12.8. The van der Waals surface area contributed by atoms with Crippen molar-refractivity contribution in [3.8, 4) is 17.1 Å². The second-order valence-corrected chi connectivity index (χ2v) is 20.0. The molecule has 2 atom stereocenters. The van der Waals surface area contributed by atoms with Crippen LogP contribution in [0.5, 0.6) is 0 Å². The molecule has 3 aromatic heterocycles. The molecule has 4 aromatic rings. The first-order valence-corrected chi connectivity index (χ1v) is 18.5. The van der Waals surface area contributed by atoms with Crippen molar-refractivity contribution in [2.75, 3.05) is 0 Å². The fourth-order valence-corrected chi connectivity index (χ4v) is 5.90. The number of nitrogens with one attached hydrogen (secondary N) is 1. The molecule has 7 nitrogen and oxygen atoms in total. The Bertz CT molecular complexity index is 1520. The number of hydrogen-bond acceptors (Lipinski definition) is 5. The van der Waals surface area contributed by atoms with Crippen molar-refractivity contribution in [3.05, 3.63) is 72.2 Å². The minimum atomic E-state index is -1.87. The first-order chi connectivity index (χ1) is 19.2. The number of rotatable bonds is 10. The predicted molar refractivity (Wildman–Crippen MR) is 173 cm³/mol. The third-order valence-electron chi connectivity index (χ3n) is 7.73. The van der Waals surface area contributed by atoms with E-state index >= 15 is 0 Å². The molecular weight excluding hydrogens is 547 g/mol. The molecule has 0 aliphatic carbocycles. The highest BCUT2D eigenvalue weighted by molar-refractivity contribution is 7.84. The van der Waals surface area contributed by atoms with Gasteiger partial charge in [0.15, 0.2) is 14.1 Å². The van der Waals surface area contributed by atoms with Gasteiger partial charge in [0.1, 0.15) is 0 Å². The van der Waals surface area contributed by atoms with Crippen LogP contribution in [0, 0.1) is 0 Å². The van der Waals surface area contributed by atoms with Gasteiger partial charge in [0.2, 0.25) is 0 Å². The maximum absolute atomic E-state index is 12.8. The summed E-state index contributed by atoms with van der Waals surface area (Å²) in [6.07, 6.45) is 3.83. The van der Waals surface area contributed by atoms with Gasteiger partial charge in [-0.25, -0.2) is 18.6 Å². The average Bonchev–Trinajstić information content (AvgIpc) is 3.34. The standard InChI is InChI=1S/C32H45N5O2SSi/c1-10-13-28(36-40(38)31(2,3)4)27-16-12-15-26(34-27)23-18-19-24-21-37(35-29(24)20-23)30-17-11-14-25(33-30)22-39-41(8,9)32(5,6)7/h11-12,14-21,28,36H,10,13,22H2,1-9H3/t28-,40+/m0/s1. The molecule has 0 aliphatic rings. The lowest BCUT2D eigenvalue weighted by molar-refractivity contribution is 0.272. The molecular formula is C32H45N5O2SSi. The fraction of sp³-hybridized carbons (Fsp3) is 0.469. The molecule has 0 unspecified atom stereocenters. The van der Waals surface area contributed by atoms with Gasteiger partial charge in [-0.2, -0.15) is 5.10 Å². The molecule has 4 rings (SSSR count). The Morgan fingerprint density at radius 1 is 1.00 bits per heavy atom. The number of nitrogens with zero attached hydrogens (tertiary/aromatic N) is 4. The molecule has 9 heteroatoms. The molecule has 0 spiro atoms. The van der Waals surface area contributed by atoms with E-state index in [1.54, 1.807) is 0 Å². The molecule has 41 heavy (non-hydrogen) atoms. The molecule has 0 saturated heterocycles. The molecule has 3 heterocycles. The van der Waals surface area contributed by atoms with E-state index in [-0.39, 0.29) is 15.8 Å². The third-order valence-corrected chi connectivity index (χ3v) is 13.8. The zero-order valence-corrected chi connectivity index (χ0v) is 27.8. The fourth-order valence-electron chi connectivity index (χ4n) is 4.11. The van der Waals surface area contributed by atoms with Gasteiger partial charge in [0.05, 0.1) is 51.0 Å². The number of benzene rings is 1. The summed E-state index contributed by atoms with van der Waals surface area (Å²) in [6, 6.07) is 18.2. The van der Waals surface area contributed by atoms with E-state index in [2.05, 4.69) is 63.7 Å². The Morgan fingerprint density at radius 3 is 2.41 bits per heavy atom. The number of hydrogen-bond donors (Lipinski definition) is 1. The SMILES string of the molecule is CCC[C@H](N[S@](=O)C(C)(C)C)c1cccc(-c2ccc3cn(-c4cccc(CO[Si](C)(C)C(C)(C)C)n4)nc3c2)n1. The molecule has 0 aliphatic heterocycles. The Hall–Kier alpha value is -2.72. The van der Waals surface area contributed by atoms with E-state index < -0.39 is 19.3 Å². The van der Waals surface area contributed by atoms with Crippen molar-refractivity contribution in [3.63, 3.8) is 0 Å². The molecule has 0 bridgehead atoms. The Morgan fingerprint density at radius 2 is 1.73 bits per heavy atom. The van der Waals surface area contributed by atoms with Crippen LogP contribution in [-0.2, 0) is 22.0 Å². The van der Waals surface area contributed by atoms with Crippen molar-refractivity contribution in [2.24, 2.45) is 0 Å². The highest BCUT2D eigenvalue weighted by Gasteiger charge is 2.37. The molecule has 220 valence electrons. The third kappa shape index (κ3) is 7.57. The first kappa shape index (κ1) is 31.2. The van der Waals surface area contributed by atoms with Crippen LogP contribution in [0.15, 0.2) is 60.8 Å². The van der Waals surface area contributed by atoms with Crippen LogP contribution in [0.4, 0.5) is 0 Å². The second-order valence-electron chi connectivity index (χ2n) is 13.2. The summed E-state index contributed by atoms with van der Waals surface area (Å²) in [4.78, 5) is 9.83. The normalized spacial score (nSPS) is 14.4. The minimum absolute atomic E-state index is 0.0816. The maximum Gasteiger partial charge on any atom is 0.192 e. The van der Waals surface area contributed by atoms with E-state index in [4.69, 9.17) is 19.5 Å². The molecule has 1 N–H and O–H groups in total. The van der Waals surface area contributed by atoms with E-state index in [1.807, 2.05) is 68.0 Å². The van der Waals surface area contributed by atoms with Crippen molar-refractivity contribution in [1.29, 1.82) is 0 Å². The largest absolute Gasteiger partial charge is 0.411 e. The average molecular weight is 592 g/mol. The summed E-state index contributed by atoms with van der Waals surface area (Å²) < 4.78 is 24.0. The lowest BCUT2D eigenvalue weighted by atomic mass is 10.1. The van der Waals surface area contributed by atoms with Crippen molar-refractivity contribution in [1.82, 2.24) is 24.5 Å². The van der Waals surface area contributed by atoms with Gasteiger partial charge in [-0.1, -0.05) is 58.4 Å².